The molecule has 0 aliphatic rings. The maximum Gasteiger partial charge on any atom is 0.378 e. The Balaban J connectivity index is 2.46. The molecule has 1 heterocycles. The number of hydrogen-bond donors (Lipinski definition) is 0. The molecule has 0 N–H and O–H groups in total. The summed E-state index contributed by atoms with van der Waals surface area (Å²) in [5, 5.41) is 7.60. The fourth-order valence-electron chi connectivity index (χ4n) is 1.19. The van der Waals surface area contributed by atoms with Gasteiger partial charge in [-0.25, -0.2) is 9.78 Å². The van der Waals surface area contributed by atoms with Crippen LogP contribution >= 0.6 is 15.9 Å². The lowest BCUT2D eigenvalue weighted by Crippen LogP contribution is -2.10. The van der Waals surface area contributed by atoms with Crippen LogP contribution in [0.1, 0.15) is 17.5 Å². The predicted octanol–water partition coefficient (Wildman–Crippen LogP) is 1.96. The number of aromatic nitrogens is 3. The van der Waals surface area contributed by atoms with E-state index in [0.29, 0.717) is 17.6 Å². The van der Waals surface area contributed by atoms with Crippen LogP contribution in [-0.4, -0.2) is 27.8 Å². The Kier molecular flexibility index (Phi) is 3.09. The molecular formula is C10H8BrN3O2. The van der Waals surface area contributed by atoms with Crippen molar-refractivity contribution in [2.75, 3.05) is 6.61 Å². The zero-order valence-electron chi connectivity index (χ0n) is 8.48. The Morgan fingerprint density at radius 3 is 2.94 bits per heavy atom. The number of ether oxygens (including phenoxy) is 1. The van der Waals surface area contributed by atoms with E-state index in [2.05, 4.69) is 31.1 Å². The minimum absolute atomic E-state index is 0.0209. The van der Waals surface area contributed by atoms with Gasteiger partial charge in [0.05, 0.1) is 12.1 Å². The third-order valence-electron chi connectivity index (χ3n) is 1.87. The summed E-state index contributed by atoms with van der Waals surface area (Å²) in [4.78, 5) is 15.5. The third kappa shape index (κ3) is 2.16. The van der Waals surface area contributed by atoms with Crippen molar-refractivity contribution in [1.29, 1.82) is 0 Å². The van der Waals surface area contributed by atoms with Gasteiger partial charge in [0.1, 0.15) is 5.52 Å². The van der Waals surface area contributed by atoms with E-state index in [1.165, 1.54) is 0 Å². The molecule has 5 nitrogen and oxygen atoms in total. The Hall–Kier alpha value is -1.56. The quantitative estimate of drug-likeness (QED) is 0.788. The van der Waals surface area contributed by atoms with E-state index in [1.54, 1.807) is 19.1 Å². The van der Waals surface area contributed by atoms with E-state index < -0.39 is 5.97 Å². The van der Waals surface area contributed by atoms with Gasteiger partial charge in [-0.1, -0.05) is 15.9 Å². The summed E-state index contributed by atoms with van der Waals surface area (Å²) in [5.74, 6) is -0.579. The second-order valence-electron chi connectivity index (χ2n) is 2.99. The van der Waals surface area contributed by atoms with Crippen LogP contribution in [0.15, 0.2) is 22.7 Å². The molecule has 0 amide bonds. The van der Waals surface area contributed by atoms with Gasteiger partial charge in [-0.15, -0.1) is 10.2 Å². The Bertz CT molecular complexity index is 545. The van der Waals surface area contributed by atoms with E-state index in [-0.39, 0.29) is 5.82 Å². The van der Waals surface area contributed by atoms with E-state index in [9.17, 15) is 4.79 Å². The number of benzene rings is 1. The van der Waals surface area contributed by atoms with Crippen LogP contribution in [0, 0.1) is 0 Å². The van der Waals surface area contributed by atoms with Crippen LogP contribution in [0.2, 0.25) is 0 Å². The summed E-state index contributed by atoms with van der Waals surface area (Å²) < 4.78 is 5.66. The smallest absolute Gasteiger partial charge is 0.378 e. The van der Waals surface area contributed by atoms with Crippen molar-refractivity contribution in [3.8, 4) is 0 Å². The van der Waals surface area contributed by atoms with Gasteiger partial charge in [0.2, 0.25) is 0 Å². The average Bonchev–Trinajstić information content (AvgIpc) is 2.28. The maximum absolute atomic E-state index is 11.4. The van der Waals surface area contributed by atoms with E-state index in [1.807, 2.05) is 6.07 Å². The molecule has 0 saturated heterocycles. The number of halogens is 1. The number of carbonyl (C=O) groups is 1. The second kappa shape index (κ2) is 4.52. The van der Waals surface area contributed by atoms with Crippen LogP contribution in [-0.2, 0) is 4.74 Å². The second-order valence-corrected chi connectivity index (χ2v) is 3.90. The molecule has 2 rings (SSSR count). The van der Waals surface area contributed by atoms with Gasteiger partial charge in [0.25, 0.3) is 5.82 Å². The van der Waals surface area contributed by atoms with Crippen molar-refractivity contribution in [1.82, 2.24) is 15.2 Å². The van der Waals surface area contributed by atoms with Gasteiger partial charge in [-0.05, 0) is 25.1 Å². The van der Waals surface area contributed by atoms with Crippen molar-refractivity contribution >= 4 is 32.9 Å². The Morgan fingerprint density at radius 2 is 2.19 bits per heavy atom. The number of rotatable bonds is 2. The van der Waals surface area contributed by atoms with Gasteiger partial charge < -0.3 is 4.74 Å². The summed E-state index contributed by atoms with van der Waals surface area (Å²) in [6.07, 6.45) is 0. The Morgan fingerprint density at radius 1 is 1.38 bits per heavy atom. The van der Waals surface area contributed by atoms with Crippen molar-refractivity contribution < 1.29 is 9.53 Å². The number of esters is 1. The minimum Gasteiger partial charge on any atom is -0.460 e. The van der Waals surface area contributed by atoms with Crippen molar-refractivity contribution in [3.63, 3.8) is 0 Å². The molecule has 82 valence electrons. The number of nitrogens with zero attached hydrogens (tertiary/aromatic N) is 3. The molecule has 6 heteroatoms. The molecule has 0 unspecified atom stereocenters. The van der Waals surface area contributed by atoms with Gasteiger partial charge in [-0.2, -0.15) is 0 Å². The largest absolute Gasteiger partial charge is 0.460 e. The molecule has 0 aliphatic carbocycles. The van der Waals surface area contributed by atoms with Crippen LogP contribution in [0.4, 0.5) is 0 Å². The fourth-order valence-corrected chi connectivity index (χ4v) is 1.54. The lowest BCUT2D eigenvalue weighted by molar-refractivity contribution is 0.0511. The summed E-state index contributed by atoms with van der Waals surface area (Å²) in [5.41, 5.74) is 1.24. The van der Waals surface area contributed by atoms with Crippen LogP contribution < -0.4 is 0 Å². The Labute approximate surface area is 100.0 Å². The molecule has 2 aromatic rings. The van der Waals surface area contributed by atoms with Gasteiger partial charge >= 0.3 is 5.97 Å². The summed E-state index contributed by atoms with van der Waals surface area (Å²) >= 11 is 3.32. The average molecular weight is 282 g/mol. The zero-order chi connectivity index (χ0) is 11.5. The molecule has 0 fully saturated rings. The van der Waals surface area contributed by atoms with E-state index in [4.69, 9.17) is 4.74 Å². The van der Waals surface area contributed by atoms with Gasteiger partial charge in [0.15, 0.2) is 0 Å². The minimum atomic E-state index is -0.558. The monoisotopic (exact) mass is 281 g/mol. The maximum atomic E-state index is 11.4. The first kappa shape index (κ1) is 10.9. The van der Waals surface area contributed by atoms with E-state index >= 15 is 0 Å². The highest BCUT2D eigenvalue weighted by atomic mass is 79.9. The summed E-state index contributed by atoms with van der Waals surface area (Å²) in [6, 6.07) is 5.38. The molecule has 0 spiro atoms. The highest BCUT2D eigenvalue weighted by molar-refractivity contribution is 9.10. The normalized spacial score (nSPS) is 10.4. The molecule has 0 saturated carbocycles. The molecule has 0 atom stereocenters. The van der Waals surface area contributed by atoms with Crippen LogP contribution in [0.25, 0.3) is 11.0 Å². The third-order valence-corrected chi connectivity index (χ3v) is 2.37. The fraction of sp³-hybridized carbons (Fsp3) is 0.200. The standard InChI is InChI=1S/C10H8BrN3O2/c1-2-16-10(15)9-12-8-5-6(11)3-4-7(8)13-14-9/h3-5H,2H2,1H3. The molecule has 1 aromatic heterocycles. The van der Waals surface area contributed by atoms with E-state index in [0.717, 1.165) is 4.47 Å². The topological polar surface area (TPSA) is 65.0 Å². The summed E-state index contributed by atoms with van der Waals surface area (Å²) in [7, 11) is 0. The first-order valence-corrected chi connectivity index (χ1v) is 5.47. The molecule has 0 bridgehead atoms. The first-order chi connectivity index (χ1) is 7.70. The molecular weight excluding hydrogens is 274 g/mol. The summed E-state index contributed by atoms with van der Waals surface area (Å²) in [6.45, 7) is 2.02. The molecule has 0 radical (unpaired) electrons. The van der Waals surface area contributed by atoms with Crippen molar-refractivity contribution in [2.45, 2.75) is 6.92 Å². The van der Waals surface area contributed by atoms with Gasteiger partial charge in [0, 0.05) is 4.47 Å². The van der Waals surface area contributed by atoms with Crippen molar-refractivity contribution in [2.24, 2.45) is 0 Å². The SMILES string of the molecule is CCOC(=O)c1nnc2ccc(Br)cc2n1. The van der Waals surface area contributed by atoms with Crippen molar-refractivity contribution in [3.05, 3.63) is 28.5 Å². The predicted molar refractivity (Wildman–Crippen MR) is 61.0 cm³/mol. The lowest BCUT2D eigenvalue weighted by atomic mass is 10.3. The van der Waals surface area contributed by atoms with Gasteiger partial charge in [-0.3, -0.25) is 0 Å². The number of carbonyl (C=O) groups excluding carboxylic acids is 1. The lowest BCUT2D eigenvalue weighted by Gasteiger charge is -2.00. The number of hydrogen-bond acceptors (Lipinski definition) is 5. The molecule has 0 aliphatic heterocycles. The molecule has 16 heavy (non-hydrogen) atoms. The van der Waals surface area contributed by atoms with Crippen LogP contribution in [0.5, 0.6) is 0 Å². The highest BCUT2D eigenvalue weighted by Gasteiger charge is 2.11. The number of fused-ring (bicyclic) bond motifs is 1. The first-order valence-electron chi connectivity index (χ1n) is 4.68. The molecule has 1 aromatic carbocycles. The zero-order valence-corrected chi connectivity index (χ0v) is 10.1. The van der Waals surface area contributed by atoms with Crippen LogP contribution in [0.3, 0.4) is 0 Å². The highest BCUT2D eigenvalue weighted by Crippen LogP contribution is 2.15.